The molecule has 0 aliphatic heterocycles. The van der Waals surface area contributed by atoms with Crippen molar-refractivity contribution in [3.8, 4) is 11.5 Å². The Bertz CT molecular complexity index is 721. The summed E-state index contributed by atoms with van der Waals surface area (Å²) in [6.45, 7) is 4.68. The van der Waals surface area contributed by atoms with Crippen LogP contribution in [0.4, 0.5) is 0 Å². The van der Waals surface area contributed by atoms with Crippen LogP contribution in [0.25, 0.3) is 0 Å². The Morgan fingerprint density at radius 3 is 2.58 bits per heavy atom. The fourth-order valence-corrected chi connectivity index (χ4v) is 4.10. The molecule has 0 spiro atoms. The smallest absolute Gasteiger partial charge is 0.234 e. The van der Waals surface area contributed by atoms with Gasteiger partial charge in [-0.2, -0.15) is 0 Å². The van der Waals surface area contributed by atoms with E-state index in [9.17, 15) is 4.79 Å². The minimum absolute atomic E-state index is 0.0444. The van der Waals surface area contributed by atoms with E-state index >= 15 is 0 Å². The molecule has 0 bridgehead atoms. The summed E-state index contributed by atoms with van der Waals surface area (Å²) in [5, 5.41) is 2.99. The number of rotatable bonds is 10. The second-order valence-electron chi connectivity index (χ2n) is 5.80. The monoisotopic (exact) mass is 440 g/mol. The molecule has 0 aliphatic rings. The van der Waals surface area contributed by atoms with Gasteiger partial charge in [0.1, 0.15) is 0 Å². The number of halogens is 1. The second-order valence-corrected chi connectivity index (χ2v) is 8.35. The van der Waals surface area contributed by atoms with Gasteiger partial charge in [0.2, 0.25) is 5.91 Å². The number of ether oxygens (including phenoxy) is 2. The minimum Gasteiger partial charge on any atom is -0.493 e. The van der Waals surface area contributed by atoms with Crippen molar-refractivity contribution in [3.05, 3.63) is 44.6 Å². The number of nitrogens with zero attached hydrogens (tertiary/aromatic N) is 1. The number of carbonyl (C=O) groups excluding carboxylic acids is 1. The maximum absolute atomic E-state index is 12.2. The number of likely N-dealkylation sites (N-methyl/N-ethyl adjacent to an activating group) is 1. The molecule has 1 aromatic heterocycles. The van der Waals surface area contributed by atoms with Crippen LogP contribution in [0, 0.1) is 0 Å². The lowest BCUT2D eigenvalue weighted by molar-refractivity contribution is -0.122. The summed E-state index contributed by atoms with van der Waals surface area (Å²) < 4.78 is 11.7. The molecule has 0 fully saturated rings. The van der Waals surface area contributed by atoms with Crippen LogP contribution in [0.3, 0.4) is 0 Å². The molecule has 5 nitrogen and oxygen atoms in total. The van der Waals surface area contributed by atoms with E-state index in [0.717, 1.165) is 28.9 Å². The number of hydrogen-bond acceptors (Lipinski definition) is 5. The SMILES string of the molecule is CCN(CC(=O)NCCc1ccc(OC)c(OC)c1)Cc1ccc(Br)s1. The Hall–Kier alpha value is -1.57. The molecule has 0 atom stereocenters. The van der Waals surface area contributed by atoms with Crippen molar-refractivity contribution in [1.29, 1.82) is 0 Å². The van der Waals surface area contributed by atoms with Crippen LogP contribution in [-0.2, 0) is 17.8 Å². The number of methoxy groups -OCH3 is 2. The largest absolute Gasteiger partial charge is 0.493 e. The van der Waals surface area contributed by atoms with Crippen molar-refractivity contribution in [2.45, 2.75) is 19.9 Å². The van der Waals surface area contributed by atoms with Crippen molar-refractivity contribution in [3.63, 3.8) is 0 Å². The fraction of sp³-hybridized carbons (Fsp3) is 0.421. The first-order valence-corrected chi connectivity index (χ1v) is 10.1. The average molecular weight is 441 g/mol. The van der Waals surface area contributed by atoms with Gasteiger partial charge in [0.15, 0.2) is 11.5 Å². The summed E-state index contributed by atoms with van der Waals surface area (Å²) in [4.78, 5) is 15.6. The molecule has 1 amide bonds. The Morgan fingerprint density at radius 2 is 1.96 bits per heavy atom. The van der Waals surface area contributed by atoms with Crippen LogP contribution >= 0.6 is 27.3 Å². The first-order chi connectivity index (χ1) is 12.5. The van der Waals surface area contributed by atoms with Crippen molar-refractivity contribution in [1.82, 2.24) is 10.2 Å². The molecule has 7 heteroatoms. The molecule has 0 aliphatic carbocycles. The first kappa shape index (κ1) is 20.7. The van der Waals surface area contributed by atoms with Gasteiger partial charge in [0.05, 0.1) is 24.6 Å². The number of hydrogen-bond donors (Lipinski definition) is 1. The quantitative estimate of drug-likeness (QED) is 0.611. The highest BCUT2D eigenvalue weighted by atomic mass is 79.9. The molecular weight excluding hydrogens is 416 g/mol. The van der Waals surface area contributed by atoms with E-state index in [1.165, 1.54) is 4.88 Å². The topological polar surface area (TPSA) is 50.8 Å². The van der Waals surface area contributed by atoms with E-state index in [2.05, 4.69) is 39.1 Å². The van der Waals surface area contributed by atoms with Crippen LogP contribution in [0.15, 0.2) is 34.1 Å². The predicted molar refractivity (Wildman–Crippen MR) is 109 cm³/mol. The van der Waals surface area contributed by atoms with E-state index in [1.54, 1.807) is 25.6 Å². The zero-order valence-corrected chi connectivity index (χ0v) is 17.8. The van der Waals surface area contributed by atoms with Gasteiger partial charge in [-0.25, -0.2) is 0 Å². The van der Waals surface area contributed by atoms with Crippen LogP contribution in [-0.4, -0.2) is 44.7 Å². The normalized spacial score (nSPS) is 10.8. The van der Waals surface area contributed by atoms with Gasteiger partial charge >= 0.3 is 0 Å². The molecule has 0 saturated heterocycles. The maximum Gasteiger partial charge on any atom is 0.234 e. The number of benzene rings is 1. The van der Waals surface area contributed by atoms with Crippen molar-refractivity contribution >= 4 is 33.2 Å². The van der Waals surface area contributed by atoms with Crippen LogP contribution in [0.1, 0.15) is 17.4 Å². The van der Waals surface area contributed by atoms with Crippen LogP contribution < -0.4 is 14.8 Å². The Kier molecular flexibility index (Phi) is 8.41. The van der Waals surface area contributed by atoms with Gasteiger partial charge in [-0.05, 0) is 58.7 Å². The van der Waals surface area contributed by atoms with Gasteiger partial charge in [-0.1, -0.05) is 13.0 Å². The molecule has 0 unspecified atom stereocenters. The van der Waals surface area contributed by atoms with Gasteiger partial charge in [-0.3, -0.25) is 9.69 Å². The summed E-state index contributed by atoms with van der Waals surface area (Å²) in [7, 11) is 3.24. The fourth-order valence-electron chi connectivity index (χ4n) is 2.58. The van der Waals surface area contributed by atoms with Crippen molar-refractivity contribution in [2.24, 2.45) is 0 Å². The van der Waals surface area contributed by atoms with E-state index in [0.29, 0.717) is 24.6 Å². The second kappa shape index (κ2) is 10.5. The number of carbonyl (C=O) groups is 1. The van der Waals surface area contributed by atoms with Gasteiger partial charge in [-0.15, -0.1) is 11.3 Å². The summed E-state index contributed by atoms with van der Waals surface area (Å²) in [5.74, 6) is 1.46. The molecule has 142 valence electrons. The van der Waals surface area contributed by atoms with E-state index in [-0.39, 0.29) is 5.91 Å². The molecule has 1 aromatic carbocycles. The Morgan fingerprint density at radius 1 is 1.19 bits per heavy atom. The predicted octanol–water partition coefficient (Wildman–Crippen LogP) is 3.71. The number of thiophene rings is 1. The first-order valence-electron chi connectivity index (χ1n) is 8.49. The van der Waals surface area contributed by atoms with Crippen molar-refractivity contribution in [2.75, 3.05) is 33.9 Å². The summed E-state index contributed by atoms with van der Waals surface area (Å²) >= 11 is 5.18. The highest BCUT2D eigenvalue weighted by Gasteiger charge is 2.11. The third-order valence-corrected chi connectivity index (χ3v) is 5.61. The molecule has 1 heterocycles. The Balaban J connectivity index is 1.78. The van der Waals surface area contributed by atoms with E-state index in [4.69, 9.17) is 9.47 Å². The van der Waals surface area contributed by atoms with Crippen LogP contribution in [0.5, 0.6) is 11.5 Å². The number of amides is 1. The van der Waals surface area contributed by atoms with Crippen LogP contribution in [0.2, 0.25) is 0 Å². The highest BCUT2D eigenvalue weighted by Crippen LogP contribution is 2.27. The molecule has 26 heavy (non-hydrogen) atoms. The third-order valence-electron chi connectivity index (χ3n) is 4.01. The Labute approximate surface area is 167 Å². The van der Waals surface area contributed by atoms with Gasteiger partial charge in [0, 0.05) is 18.0 Å². The summed E-state index contributed by atoms with van der Waals surface area (Å²) in [5.41, 5.74) is 1.10. The molecule has 2 rings (SSSR count). The number of nitrogens with one attached hydrogen (secondary N) is 1. The molecule has 0 radical (unpaired) electrons. The summed E-state index contributed by atoms with van der Waals surface area (Å²) in [6, 6.07) is 9.94. The maximum atomic E-state index is 12.2. The summed E-state index contributed by atoms with van der Waals surface area (Å²) in [6.07, 6.45) is 0.746. The van der Waals surface area contributed by atoms with E-state index in [1.807, 2.05) is 24.3 Å². The molecule has 1 N–H and O–H groups in total. The zero-order chi connectivity index (χ0) is 18.9. The average Bonchev–Trinajstić information content (AvgIpc) is 3.05. The molecule has 0 saturated carbocycles. The standard InChI is InChI=1S/C19H25BrN2O3S/c1-4-22(12-15-6-8-18(20)26-15)13-19(23)21-10-9-14-5-7-16(24-2)17(11-14)25-3/h5-8,11H,4,9-10,12-13H2,1-3H3,(H,21,23). The minimum atomic E-state index is 0.0444. The highest BCUT2D eigenvalue weighted by molar-refractivity contribution is 9.11. The third kappa shape index (κ3) is 6.30. The zero-order valence-electron chi connectivity index (χ0n) is 15.4. The molecular formula is C19H25BrN2O3S. The van der Waals surface area contributed by atoms with Crippen molar-refractivity contribution < 1.29 is 14.3 Å². The molecule has 2 aromatic rings. The lowest BCUT2D eigenvalue weighted by Gasteiger charge is -2.19. The van der Waals surface area contributed by atoms with Gasteiger partial charge in [0.25, 0.3) is 0 Å². The van der Waals surface area contributed by atoms with E-state index < -0.39 is 0 Å². The van der Waals surface area contributed by atoms with Gasteiger partial charge < -0.3 is 14.8 Å². The lowest BCUT2D eigenvalue weighted by Crippen LogP contribution is -2.37. The lowest BCUT2D eigenvalue weighted by atomic mass is 10.1.